The van der Waals surface area contributed by atoms with Gasteiger partial charge in [-0.25, -0.2) is 9.18 Å². The summed E-state index contributed by atoms with van der Waals surface area (Å²) >= 11 is 2.97. The Morgan fingerprint density at radius 3 is 2.71 bits per heavy atom. The molecule has 0 radical (unpaired) electrons. The Kier molecular flexibility index (Phi) is 6.54. The highest BCUT2D eigenvalue weighted by atomic mass is 79.9. The summed E-state index contributed by atoms with van der Waals surface area (Å²) in [6, 6.07) is 5.65. The van der Waals surface area contributed by atoms with Crippen LogP contribution in [0.15, 0.2) is 28.7 Å². The van der Waals surface area contributed by atoms with Crippen LogP contribution in [0.2, 0.25) is 0 Å². The van der Waals surface area contributed by atoms with Gasteiger partial charge in [0.05, 0.1) is 11.1 Å². The number of benzene rings is 1. The van der Waals surface area contributed by atoms with E-state index in [0.717, 1.165) is 0 Å². The summed E-state index contributed by atoms with van der Waals surface area (Å²) in [6.45, 7) is 2.07. The molecule has 0 aliphatic rings. The fourth-order valence-electron chi connectivity index (χ4n) is 1.23. The first-order valence-corrected chi connectivity index (χ1v) is 6.65. The second-order valence-electron chi connectivity index (χ2n) is 3.72. The van der Waals surface area contributed by atoms with Gasteiger partial charge in [-0.2, -0.15) is 5.10 Å². The van der Waals surface area contributed by atoms with Crippen LogP contribution >= 0.6 is 15.9 Å². The summed E-state index contributed by atoms with van der Waals surface area (Å²) in [4.78, 5) is 21.0. The Bertz CT molecular complexity index is 631. The molecule has 0 unspecified atom stereocenters. The standard InChI is InChI=1S/C7H4BrFO.C6H9N3O2/c8-6-2-1-5(4-10)3-7(6)9;1-2-11-6(10)4-3-5(7)9-8-4/h1-4H;3H,2H2,1H3,(H3,7,8,9). The van der Waals surface area contributed by atoms with Gasteiger partial charge in [0.1, 0.15) is 17.9 Å². The molecule has 2 aromatic rings. The lowest BCUT2D eigenvalue weighted by Crippen LogP contribution is -2.04. The summed E-state index contributed by atoms with van der Waals surface area (Å²) in [7, 11) is 0. The number of nitrogens with two attached hydrogens (primary N) is 1. The maximum absolute atomic E-state index is 12.6. The van der Waals surface area contributed by atoms with Crippen molar-refractivity contribution in [2.75, 3.05) is 12.3 Å². The molecule has 0 saturated carbocycles. The molecule has 0 spiro atoms. The molecule has 1 aromatic heterocycles. The van der Waals surface area contributed by atoms with Crippen molar-refractivity contribution in [1.29, 1.82) is 0 Å². The normalized spacial score (nSPS) is 9.48. The summed E-state index contributed by atoms with van der Waals surface area (Å²) in [5, 5.41) is 6.04. The van der Waals surface area contributed by atoms with Crippen LogP contribution < -0.4 is 5.73 Å². The van der Waals surface area contributed by atoms with Crippen LogP contribution in [0.5, 0.6) is 0 Å². The van der Waals surface area contributed by atoms with E-state index in [1.165, 1.54) is 18.2 Å². The van der Waals surface area contributed by atoms with E-state index in [9.17, 15) is 14.0 Å². The minimum Gasteiger partial charge on any atom is -0.461 e. The number of aldehydes is 1. The third-order valence-corrected chi connectivity index (χ3v) is 2.81. The molecule has 0 fully saturated rings. The maximum atomic E-state index is 12.6. The van der Waals surface area contributed by atoms with Crippen LogP contribution in [0.3, 0.4) is 0 Å². The van der Waals surface area contributed by atoms with Crippen molar-refractivity contribution in [2.24, 2.45) is 0 Å². The molecule has 0 aliphatic heterocycles. The van der Waals surface area contributed by atoms with Crippen LogP contribution in [-0.4, -0.2) is 29.1 Å². The molecule has 0 aliphatic carbocycles. The lowest BCUT2D eigenvalue weighted by molar-refractivity contribution is 0.0519. The van der Waals surface area contributed by atoms with Crippen molar-refractivity contribution >= 4 is 34.0 Å². The smallest absolute Gasteiger partial charge is 0.358 e. The molecule has 3 N–H and O–H groups in total. The topological polar surface area (TPSA) is 98.1 Å². The lowest BCUT2D eigenvalue weighted by atomic mass is 10.2. The van der Waals surface area contributed by atoms with Crippen molar-refractivity contribution in [3.8, 4) is 0 Å². The highest BCUT2D eigenvalue weighted by Crippen LogP contribution is 2.15. The second-order valence-corrected chi connectivity index (χ2v) is 4.57. The van der Waals surface area contributed by atoms with Gasteiger partial charge in [-0.1, -0.05) is 6.07 Å². The highest BCUT2D eigenvalue weighted by Gasteiger charge is 2.08. The molecule has 1 heterocycles. The van der Waals surface area contributed by atoms with E-state index in [0.29, 0.717) is 28.7 Å². The number of aromatic amines is 1. The van der Waals surface area contributed by atoms with Crippen molar-refractivity contribution < 1.29 is 18.7 Å². The Hall–Kier alpha value is -2.22. The van der Waals surface area contributed by atoms with Gasteiger partial charge >= 0.3 is 5.97 Å². The number of nitrogens with one attached hydrogen (secondary N) is 1. The average molecular weight is 358 g/mol. The number of nitrogen functional groups attached to an aromatic ring is 1. The van der Waals surface area contributed by atoms with Crippen LogP contribution in [-0.2, 0) is 4.74 Å². The first kappa shape index (κ1) is 16.8. The predicted molar refractivity (Wildman–Crippen MR) is 78.4 cm³/mol. The monoisotopic (exact) mass is 357 g/mol. The Morgan fingerprint density at radius 2 is 2.24 bits per heavy atom. The van der Waals surface area contributed by atoms with Gasteiger partial charge in [0, 0.05) is 11.6 Å². The van der Waals surface area contributed by atoms with E-state index in [2.05, 4.69) is 30.9 Å². The average Bonchev–Trinajstić information content (AvgIpc) is 2.90. The zero-order valence-corrected chi connectivity index (χ0v) is 12.7. The van der Waals surface area contributed by atoms with Crippen LogP contribution in [0.25, 0.3) is 0 Å². The Morgan fingerprint density at radius 1 is 1.52 bits per heavy atom. The van der Waals surface area contributed by atoms with Gasteiger partial charge in [-0.15, -0.1) is 0 Å². The third kappa shape index (κ3) is 5.35. The number of aromatic nitrogens is 2. The summed E-state index contributed by atoms with van der Waals surface area (Å²) in [5.41, 5.74) is 5.85. The fraction of sp³-hybridized carbons (Fsp3) is 0.154. The van der Waals surface area contributed by atoms with Gasteiger partial charge in [0.2, 0.25) is 0 Å². The number of esters is 1. The SMILES string of the molecule is CCOC(=O)c1cc(N)[nH]n1.O=Cc1ccc(Br)c(F)c1. The number of hydrogen-bond acceptors (Lipinski definition) is 5. The van der Waals surface area contributed by atoms with Crippen molar-refractivity contribution in [1.82, 2.24) is 10.2 Å². The van der Waals surface area contributed by atoms with Crippen molar-refractivity contribution in [2.45, 2.75) is 6.92 Å². The number of hydrogen-bond donors (Lipinski definition) is 2. The number of nitrogens with zero attached hydrogens (tertiary/aromatic N) is 1. The van der Waals surface area contributed by atoms with E-state index in [1.54, 1.807) is 13.0 Å². The number of halogens is 2. The second kappa shape index (κ2) is 8.15. The minimum atomic E-state index is -0.458. The third-order valence-electron chi connectivity index (χ3n) is 2.16. The largest absolute Gasteiger partial charge is 0.461 e. The molecule has 6 nitrogen and oxygen atoms in total. The fourth-order valence-corrected chi connectivity index (χ4v) is 1.48. The first-order chi connectivity index (χ1) is 9.97. The predicted octanol–water partition coefficient (Wildman–Crippen LogP) is 2.57. The van der Waals surface area contributed by atoms with Crippen LogP contribution in [0.4, 0.5) is 10.2 Å². The molecule has 2 rings (SSSR count). The van der Waals surface area contributed by atoms with Crippen LogP contribution in [0.1, 0.15) is 27.8 Å². The number of anilines is 1. The summed E-state index contributed by atoms with van der Waals surface area (Å²) < 4.78 is 17.6. The van der Waals surface area contributed by atoms with Gasteiger partial charge in [0.25, 0.3) is 0 Å². The molecule has 21 heavy (non-hydrogen) atoms. The molecule has 8 heteroatoms. The Labute approximate surface area is 128 Å². The Balaban J connectivity index is 0.000000211. The molecule has 0 amide bonds. The number of H-pyrrole nitrogens is 1. The number of rotatable bonds is 3. The van der Waals surface area contributed by atoms with Crippen molar-refractivity contribution in [3.63, 3.8) is 0 Å². The molecule has 0 bridgehead atoms. The number of carbonyl (C=O) groups is 2. The molecule has 0 atom stereocenters. The molecule has 112 valence electrons. The highest BCUT2D eigenvalue weighted by molar-refractivity contribution is 9.10. The van der Waals surface area contributed by atoms with Crippen LogP contribution in [0, 0.1) is 5.82 Å². The van der Waals surface area contributed by atoms with Gasteiger partial charge in [-0.3, -0.25) is 9.89 Å². The molecular weight excluding hydrogens is 345 g/mol. The van der Waals surface area contributed by atoms with Gasteiger partial charge < -0.3 is 10.5 Å². The zero-order valence-electron chi connectivity index (χ0n) is 11.1. The summed E-state index contributed by atoms with van der Waals surface area (Å²) in [5.74, 6) is -0.516. The van der Waals surface area contributed by atoms with E-state index < -0.39 is 11.8 Å². The number of carbonyl (C=O) groups excluding carboxylic acids is 2. The zero-order chi connectivity index (χ0) is 15.8. The number of ether oxygens (including phenoxy) is 1. The maximum Gasteiger partial charge on any atom is 0.358 e. The van der Waals surface area contributed by atoms with Crippen molar-refractivity contribution in [3.05, 3.63) is 45.8 Å². The van der Waals surface area contributed by atoms with Gasteiger partial charge in [-0.05, 0) is 35.0 Å². The minimum absolute atomic E-state index is 0.212. The van der Waals surface area contributed by atoms with E-state index in [1.807, 2.05) is 0 Å². The van der Waals surface area contributed by atoms with E-state index in [4.69, 9.17) is 5.73 Å². The van der Waals surface area contributed by atoms with Gasteiger partial charge in [0.15, 0.2) is 5.69 Å². The lowest BCUT2D eigenvalue weighted by Gasteiger charge is -1.94. The first-order valence-electron chi connectivity index (χ1n) is 5.86. The molecule has 0 saturated heterocycles. The van der Waals surface area contributed by atoms with E-state index >= 15 is 0 Å². The molecular formula is C13H13BrFN3O3. The van der Waals surface area contributed by atoms with E-state index in [-0.39, 0.29) is 5.69 Å². The molecule has 1 aromatic carbocycles. The quantitative estimate of drug-likeness (QED) is 0.649. The summed E-state index contributed by atoms with van der Waals surface area (Å²) in [6.07, 6.45) is 0.607.